The van der Waals surface area contributed by atoms with Crippen LogP contribution in [0.2, 0.25) is 0 Å². The Labute approximate surface area is 260 Å². The minimum Gasteiger partial charge on any atom is -0.397 e. The summed E-state index contributed by atoms with van der Waals surface area (Å²) >= 11 is 7.95. The average molecular weight is 710 g/mol. The van der Waals surface area contributed by atoms with Crippen molar-refractivity contribution in [3.63, 3.8) is 0 Å². The van der Waals surface area contributed by atoms with Crippen LogP contribution in [0.4, 0.5) is 20.4 Å². The number of halogens is 2. The number of rotatable bonds is 2. The van der Waals surface area contributed by atoms with Gasteiger partial charge in [-0.15, -0.1) is 0 Å². The van der Waals surface area contributed by atoms with Gasteiger partial charge >= 0.3 is 13.6 Å². The van der Waals surface area contributed by atoms with E-state index in [1.54, 1.807) is 0 Å². The summed E-state index contributed by atoms with van der Waals surface area (Å²) in [5, 5.41) is 0. The summed E-state index contributed by atoms with van der Waals surface area (Å²) < 4.78 is 94.3. The number of thiol groups is 2. The van der Waals surface area contributed by atoms with Crippen LogP contribution in [0.5, 0.6) is 0 Å². The number of anilines is 2. The Morgan fingerprint density at radius 3 is 2.22 bits per heavy atom. The van der Waals surface area contributed by atoms with E-state index in [1.165, 1.54) is 23.2 Å². The van der Waals surface area contributed by atoms with Crippen LogP contribution in [-0.4, -0.2) is 84.0 Å². The zero-order valence-corrected chi connectivity index (χ0v) is 26.0. The molecule has 0 spiro atoms. The SMILES string of the molecule is Nc1nc2c(ncn2[C@@H]2O[C@@H]3CO[P@@](=O)(S)O[C@H]4[C@H](F)[C@H](n5cnc6c(N)ccnc65)O[C@@H]4CO[P@@](=O)(S)O[C@@H]2[C@H]3F)c(=O)[nH]1. The Hall–Kier alpha value is -2.65. The summed E-state index contributed by atoms with van der Waals surface area (Å²) in [6.45, 7) is -10.4. The summed E-state index contributed by atoms with van der Waals surface area (Å²) in [5.74, 6) is -0.265. The molecule has 4 aromatic rings. The molecule has 3 saturated heterocycles. The van der Waals surface area contributed by atoms with Gasteiger partial charge in [-0.1, -0.05) is 24.5 Å². The van der Waals surface area contributed by atoms with Crippen LogP contribution in [0.25, 0.3) is 22.3 Å². The molecule has 0 unspecified atom stereocenters. The van der Waals surface area contributed by atoms with Crippen LogP contribution >= 0.6 is 38.1 Å². The van der Waals surface area contributed by atoms with E-state index in [0.29, 0.717) is 0 Å². The van der Waals surface area contributed by atoms with E-state index in [4.69, 9.17) is 39.0 Å². The molecule has 0 saturated carbocycles. The van der Waals surface area contributed by atoms with Crippen molar-refractivity contribution in [2.45, 2.75) is 49.2 Å². The van der Waals surface area contributed by atoms with Crippen molar-refractivity contribution in [3.05, 3.63) is 35.3 Å². The molecular formula is C21H23F2N9O9P2S2. The van der Waals surface area contributed by atoms with Gasteiger partial charge < -0.3 is 20.9 Å². The number of imidazole rings is 2. The maximum Gasteiger partial charge on any atom is 0.386 e. The van der Waals surface area contributed by atoms with E-state index < -0.39 is 81.6 Å². The van der Waals surface area contributed by atoms with Gasteiger partial charge in [-0.25, -0.2) is 32.9 Å². The summed E-state index contributed by atoms with van der Waals surface area (Å²) in [7, 11) is 0. The van der Waals surface area contributed by atoms with Crippen molar-refractivity contribution in [1.29, 1.82) is 0 Å². The Bertz CT molecular complexity index is 1950. The molecule has 3 fully saturated rings. The molecule has 24 heteroatoms. The highest BCUT2D eigenvalue weighted by molar-refractivity contribution is 8.44. The maximum absolute atomic E-state index is 16.0. The molecule has 0 radical (unpaired) electrons. The maximum atomic E-state index is 16.0. The Morgan fingerprint density at radius 1 is 0.867 bits per heavy atom. The molecule has 0 aromatic carbocycles. The third-order valence-corrected chi connectivity index (χ3v) is 10.6. The molecule has 3 aliphatic rings. The molecule has 45 heavy (non-hydrogen) atoms. The minimum atomic E-state index is -4.49. The average Bonchev–Trinajstić information content (AvgIpc) is 3.72. The van der Waals surface area contributed by atoms with Gasteiger partial charge in [-0.3, -0.25) is 37.0 Å². The second-order valence-electron chi connectivity index (χ2n) is 10.2. The summed E-state index contributed by atoms with van der Waals surface area (Å²) in [6.07, 6.45) is -9.61. The zero-order valence-electron chi connectivity index (χ0n) is 22.4. The van der Waals surface area contributed by atoms with Crippen molar-refractivity contribution >= 4 is 72.1 Å². The normalized spacial score (nSPS) is 37.7. The molecule has 2 bridgehead atoms. The van der Waals surface area contributed by atoms with Crippen LogP contribution in [0.1, 0.15) is 12.5 Å². The fraction of sp³-hybridized carbons (Fsp3) is 0.476. The van der Waals surface area contributed by atoms with Gasteiger partial charge in [0.1, 0.15) is 29.9 Å². The molecule has 3 aliphatic heterocycles. The van der Waals surface area contributed by atoms with Crippen LogP contribution in [0.3, 0.4) is 0 Å². The first-order chi connectivity index (χ1) is 21.3. The Kier molecular flexibility index (Phi) is 7.75. The van der Waals surface area contributed by atoms with Crippen LogP contribution in [0, 0.1) is 0 Å². The monoisotopic (exact) mass is 709 g/mol. The number of alkyl halides is 2. The highest BCUT2D eigenvalue weighted by Crippen LogP contribution is 2.60. The van der Waals surface area contributed by atoms with E-state index in [0.717, 1.165) is 10.9 Å². The lowest BCUT2D eigenvalue weighted by Crippen LogP contribution is -2.33. The summed E-state index contributed by atoms with van der Waals surface area (Å²) in [4.78, 5) is 30.9. The topological polar surface area (TPSA) is 236 Å². The largest absolute Gasteiger partial charge is 0.397 e. The van der Waals surface area contributed by atoms with Crippen LogP contribution in [0.15, 0.2) is 29.7 Å². The highest BCUT2D eigenvalue weighted by atomic mass is 32.7. The Morgan fingerprint density at radius 2 is 1.49 bits per heavy atom. The Balaban J connectivity index is 1.21. The van der Waals surface area contributed by atoms with Crippen molar-refractivity contribution in [2.75, 3.05) is 24.7 Å². The van der Waals surface area contributed by atoms with Crippen molar-refractivity contribution in [3.8, 4) is 0 Å². The molecule has 18 nitrogen and oxygen atoms in total. The predicted octanol–water partition coefficient (Wildman–Crippen LogP) is 2.09. The van der Waals surface area contributed by atoms with Crippen LogP contribution < -0.4 is 17.0 Å². The molecule has 5 N–H and O–H groups in total. The molecular weight excluding hydrogens is 686 g/mol. The minimum absolute atomic E-state index is 0.103. The standard InChI is InChI=1S/C21H23F2N9O9P2S2/c22-10-8-3-36-42(34,44)40-14-9(39-19(11(14)23)31-5-27-12-7(24)1-2-26-16(12)31)4-37-43(35,45)41-15(10)20(38-8)32-6-28-13-17(32)29-21(25)30-18(13)33/h1-2,5-6,8-11,14-15,19-20H,3-4H2,(H2,24,26)(H,34,44)(H,35,45)(H3,25,29,30,33)/t8-,9-,10+,11+,14-,15-,19-,20-,42-,43-/m1/s1. The smallest absolute Gasteiger partial charge is 0.386 e. The lowest BCUT2D eigenvalue weighted by atomic mass is 10.1. The number of hydrogen-bond acceptors (Lipinski definition) is 15. The third-order valence-electron chi connectivity index (χ3n) is 7.34. The lowest BCUT2D eigenvalue weighted by molar-refractivity contribution is -0.0563. The second-order valence-corrected chi connectivity index (χ2v) is 15.9. The van der Waals surface area contributed by atoms with E-state index in [-0.39, 0.29) is 34.0 Å². The molecule has 242 valence electrons. The number of aromatic nitrogens is 7. The van der Waals surface area contributed by atoms with Gasteiger partial charge in [0, 0.05) is 6.20 Å². The number of fused-ring (bicyclic) bond motifs is 5. The molecule has 0 amide bonds. The molecule has 4 aromatic heterocycles. The first-order valence-electron chi connectivity index (χ1n) is 13.0. The fourth-order valence-corrected chi connectivity index (χ4v) is 8.25. The lowest BCUT2D eigenvalue weighted by Gasteiger charge is -2.26. The zero-order chi connectivity index (χ0) is 31.8. The number of aromatic amines is 1. The molecule has 7 heterocycles. The van der Waals surface area contributed by atoms with Crippen molar-refractivity contribution < 1.29 is 45.5 Å². The third kappa shape index (κ3) is 5.56. The van der Waals surface area contributed by atoms with Crippen molar-refractivity contribution in [1.82, 2.24) is 34.1 Å². The van der Waals surface area contributed by atoms with Crippen molar-refractivity contribution in [2.24, 2.45) is 0 Å². The van der Waals surface area contributed by atoms with E-state index in [1.807, 2.05) is 0 Å². The first kappa shape index (κ1) is 31.0. The number of H-pyrrole nitrogens is 1. The highest BCUT2D eigenvalue weighted by Gasteiger charge is 2.54. The number of nitrogen functional groups attached to an aromatic ring is 2. The number of nitrogens with zero attached hydrogens (tertiary/aromatic N) is 6. The van der Waals surface area contributed by atoms with Gasteiger partial charge in [-0.05, 0) is 6.07 Å². The van der Waals surface area contributed by atoms with E-state index >= 15 is 8.78 Å². The fourth-order valence-electron chi connectivity index (χ4n) is 5.32. The number of nitrogens with two attached hydrogens (primary N) is 2. The second kappa shape index (κ2) is 11.3. The number of nitrogens with one attached hydrogen (secondary N) is 1. The van der Waals surface area contributed by atoms with E-state index in [9.17, 15) is 13.9 Å². The quantitative estimate of drug-likeness (QED) is 0.148. The van der Waals surface area contributed by atoms with Gasteiger partial charge in [0.15, 0.2) is 41.6 Å². The van der Waals surface area contributed by atoms with Gasteiger partial charge in [-0.2, -0.15) is 4.98 Å². The summed E-state index contributed by atoms with van der Waals surface area (Å²) in [6, 6.07) is 1.51. The number of ether oxygens (including phenoxy) is 2. The first-order valence-corrected chi connectivity index (χ1v) is 18.4. The molecule has 10 atom stereocenters. The molecule has 0 aliphatic carbocycles. The van der Waals surface area contributed by atoms with Gasteiger partial charge in [0.05, 0.1) is 31.6 Å². The van der Waals surface area contributed by atoms with Gasteiger partial charge in [0.25, 0.3) is 5.56 Å². The predicted molar refractivity (Wildman–Crippen MR) is 157 cm³/mol. The van der Waals surface area contributed by atoms with E-state index in [2.05, 4.69) is 49.4 Å². The number of pyridine rings is 1. The molecule has 7 rings (SSSR count). The summed E-state index contributed by atoms with van der Waals surface area (Å²) in [5.41, 5.74) is 11.4. The van der Waals surface area contributed by atoms with Crippen LogP contribution in [-0.2, 0) is 36.7 Å². The number of hydrogen-bond donors (Lipinski definition) is 5. The van der Waals surface area contributed by atoms with Gasteiger partial charge in [0.2, 0.25) is 5.95 Å².